The zero-order valence-electron chi connectivity index (χ0n) is 14.4. The van der Waals surface area contributed by atoms with Crippen LogP contribution in [0.15, 0.2) is 36.5 Å². The van der Waals surface area contributed by atoms with Gasteiger partial charge in [-0.15, -0.1) is 0 Å². The van der Waals surface area contributed by atoms with E-state index in [4.69, 9.17) is 4.74 Å². The van der Waals surface area contributed by atoms with E-state index in [9.17, 15) is 4.79 Å². The van der Waals surface area contributed by atoms with E-state index in [1.54, 1.807) is 6.20 Å². The van der Waals surface area contributed by atoms with Gasteiger partial charge in [-0.3, -0.25) is 0 Å². The summed E-state index contributed by atoms with van der Waals surface area (Å²) >= 11 is 0. The van der Waals surface area contributed by atoms with Crippen molar-refractivity contribution in [3.05, 3.63) is 42.2 Å². The second-order valence-electron chi connectivity index (χ2n) is 7.00. The lowest BCUT2D eigenvalue weighted by Gasteiger charge is -2.30. The fraction of sp³-hybridized carbons (Fsp3) is 0.474. The number of aryl methyl sites for hydroxylation is 1. The highest BCUT2D eigenvalue weighted by molar-refractivity contribution is 5.89. The number of hydrogen-bond acceptors (Lipinski definition) is 3. The summed E-state index contributed by atoms with van der Waals surface area (Å²) in [5.74, 6) is 0.710. The third kappa shape index (κ3) is 3.85. The molecule has 1 aromatic heterocycles. The fourth-order valence-corrected chi connectivity index (χ4v) is 3.46. The molecule has 132 valence electrons. The Labute approximate surface area is 147 Å². The van der Waals surface area contributed by atoms with Gasteiger partial charge in [-0.1, -0.05) is 6.07 Å². The van der Waals surface area contributed by atoms with E-state index in [1.807, 2.05) is 41.9 Å². The molecule has 4 rings (SSSR count). The quantitative estimate of drug-likeness (QED) is 0.898. The summed E-state index contributed by atoms with van der Waals surface area (Å²) in [6.07, 6.45) is 6.43. The van der Waals surface area contributed by atoms with Gasteiger partial charge in [0, 0.05) is 30.2 Å². The van der Waals surface area contributed by atoms with Crippen LogP contribution < -0.4 is 10.6 Å². The molecule has 2 heterocycles. The molecule has 2 amide bonds. The molecular weight excluding hydrogens is 316 g/mol. The largest absolute Gasteiger partial charge is 0.378 e. The molecule has 1 saturated heterocycles. The Morgan fingerprint density at radius 2 is 2.16 bits per heavy atom. The van der Waals surface area contributed by atoms with Gasteiger partial charge >= 0.3 is 6.03 Å². The number of hydrogen-bond donors (Lipinski definition) is 2. The van der Waals surface area contributed by atoms with Crippen LogP contribution in [0.5, 0.6) is 0 Å². The van der Waals surface area contributed by atoms with Crippen LogP contribution in [0.2, 0.25) is 0 Å². The molecule has 2 aromatic rings. The minimum Gasteiger partial charge on any atom is -0.378 e. The molecule has 1 aromatic carbocycles. The first-order chi connectivity index (χ1) is 12.2. The molecule has 0 radical (unpaired) electrons. The summed E-state index contributed by atoms with van der Waals surface area (Å²) < 4.78 is 7.67. The van der Waals surface area contributed by atoms with Crippen molar-refractivity contribution in [3.8, 4) is 5.69 Å². The summed E-state index contributed by atoms with van der Waals surface area (Å²) in [7, 11) is 0. The summed E-state index contributed by atoms with van der Waals surface area (Å²) in [5.41, 5.74) is 2.74. The molecule has 1 aliphatic carbocycles. The van der Waals surface area contributed by atoms with Crippen molar-refractivity contribution < 1.29 is 9.53 Å². The highest BCUT2D eigenvalue weighted by atomic mass is 16.5. The number of nitrogens with one attached hydrogen (secondary N) is 2. The maximum Gasteiger partial charge on any atom is 0.319 e. The number of rotatable bonds is 4. The number of nitrogens with zero attached hydrogens (tertiary/aromatic N) is 2. The summed E-state index contributed by atoms with van der Waals surface area (Å²) in [4.78, 5) is 12.4. The van der Waals surface area contributed by atoms with E-state index in [1.165, 1.54) is 12.8 Å². The molecule has 0 spiro atoms. The van der Waals surface area contributed by atoms with Crippen LogP contribution in [0.3, 0.4) is 0 Å². The molecule has 2 fully saturated rings. The maximum atomic E-state index is 12.4. The van der Waals surface area contributed by atoms with Gasteiger partial charge in [0.25, 0.3) is 0 Å². The lowest BCUT2D eigenvalue weighted by Crippen LogP contribution is -2.44. The Hall–Kier alpha value is -2.34. The molecule has 1 saturated carbocycles. The number of ether oxygens (including phenoxy) is 1. The van der Waals surface area contributed by atoms with Crippen LogP contribution in [0.1, 0.15) is 31.4 Å². The van der Waals surface area contributed by atoms with E-state index in [2.05, 4.69) is 15.7 Å². The minimum atomic E-state index is -0.157. The number of amides is 2. The van der Waals surface area contributed by atoms with Crippen molar-refractivity contribution in [2.24, 2.45) is 5.92 Å². The van der Waals surface area contributed by atoms with Crippen LogP contribution in [0.4, 0.5) is 10.5 Å². The maximum absolute atomic E-state index is 12.4. The Balaban J connectivity index is 1.37. The Kier molecular flexibility index (Phi) is 4.44. The van der Waals surface area contributed by atoms with Crippen molar-refractivity contribution >= 4 is 11.7 Å². The van der Waals surface area contributed by atoms with E-state index in [0.29, 0.717) is 12.0 Å². The van der Waals surface area contributed by atoms with E-state index in [0.717, 1.165) is 36.5 Å². The van der Waals surface area contributed by atoms with Crippen molar-refractivity contribution in [2.45, 2.75) is 44.8 Å². The SMILES string of the molecule is Cc1ccnn1-c1cccc(NC(=O)N[C@H]2CCO[C@@H](C3CC3)C2)c1. The number of anilines is 1. The molecule has 0 unspecified atom stereocenters. The highest BCUT2D eigenvalue weighted by Gasteiger charge is 2.36. The van der Waals surface area contributed by atoms with Gasteiger partial charge in [-0.2, -0.15) is 5.10 Å². The van der Waals surface area contributed by atoms with Gasteiger partial charge in [-0.25, -0.2) is 9.48 Å². The number of urea groups is 1. The first-order valence-electron chi connectivity index (χ1n) is 8.99. The smallest absolute Gasteiger partial charge is 0.319 e. The molecule has 2 aliphatic rings. The summed E-state index contributed by atoms with van der Waals surface area (Å²) in [5, 5.41) is 10.3. The van der Waals surface area contributed by atoms with Crippen molar-refractivity contribution in [3.63, 3.8) is 0 Å². The van der Waals surface area contributed by atoms with Gasteiger partial charge in [0.1, 0.15) is 0 Å². The molecule has 6 heteroatoms. The predicted octanol–water partition coefficient (Wildman–Crippen LogP) is 3.26. The van der Waals surface area contributed by atoms with Crippen molar-refractivity contribution in [1.82, 2.24) is 15.1 Å². The molecule has 0 bridgehead atoms. The molecule has 2 atom stereocenters. The lowest BCUT2D eigenvalue weighted by molar-refractivity contribution is -0.00889. The van der Waals surface area contributed by atoms with Gasteiger partial charge in [0.05, 0.1) is 11.8 Å². The molecule has 25 heavy (non-hydrogen) atoms. The zero-order chi connectivity index (χ0) is 17.2. The number of benzene rings is 1. The Morgan fingerprint density at radius 3 is 2.92 bits per heavy atom. The Bertz CT molecular complexity index is 753. The lowest BCUT2D eigenvalue weighted by atomic mass is 10.0. The van der Waals surface area contributed by atoms with E-state index >= 15 is 0 Å². The number of aromatic nitrogens is 2. The first-order valence-corrected chi connectivity index (χ1v) is 8.99. The monoisotopic (exact) mass is 340 g/mol. The van der Waals surface area contributed by atoms with Crippen LogP contribution >= 0.6 is 0 Å². The molecular formula is C19H24N4O2. The zero-order valence-corrected chi connectivity index (χ0v) is 14.4. The fourth-order valence-electron chi connectivity index (χ4n) is 3.46. The van der Waals surface area contributed by atoms with Crippen molar-refractivity contribution in [1.29, 1.82) is 0 Å². The van der Waals surface area contributed by atoms with Crippen LogP contribution in [0.25, 0.3) is 5.69 Å². The predicted molar refractivity (Wildman–Crippen MR) is 95.9 cm³/mol. The van der Waals surface area contributed by atoms with Crippen LogP contribution in [-0.2, 0) is 4.74 Å². The topological polar surface area (TPSA) is 68.2 Å². The van der Waals surface area contributed by atoms with E-state index in [-0.39, 0.29) is 12.1 Å². The van der Waals surface area contributed by atoms with Crippen LogP contribution in [0, 0.1) is 12.8 Å². The van der Waals surface area contributed by atoms with Crippen molar-refractivity contribution in [2.75, 3.05) is 11.9 Å². The second-order valence-corrected chi connectivity index (χ2v) is 7.00. The third-order valence-electron chi connectivity index (χ3n) is 4.98. The second kappa shape index (κ2) is 6.88. The third-order valence-corrected chi connectivity index (χ3v) is 4.98. The first kappa shape index (κ1) is 16.1. The molecule has 2 N–H and O–H groups in total. The van der Waals surface area contributed by atoms with Crippen LogP contribution in [-0.4, -0.2) is 34.6 Å². The summed E-state index contributed by atoms with van der Waals surface area (Å²) in [6.45, 7) is 2.74. The van der Waals surface area contributed by atoms with Gasteiger partial charge in [0.15, 0.2) is 0 Å². The minimum absolute atomic E-state index is 0.157. The Morgan fingerprint density at radius 1 is 1.28 bits per heavy atom. The average Bonchev–Trinajstić information content (AvgIpc) is 3.37. The van der Waals surface area contributed by atoms with Gasteiger partial charge in [0.2, 0.25) is 0 Å². The average molecular weight is 340 g/mol. The van der Waals surface area contributed by atoms with Gasteiger partial charge in [-0.05, 0) is 62.8 Å². The molecule has 6 nitrogen and oxygen atoms in total. The van der Waals surface area contributed by atoms with Gasteiger partial charge < -0.3 is 15.4 Å². The highest BCUT2D eigenvalue weighted by Crippen LogP contribution is 2.38. The standard InChI is InChI=1S/C19H24N4O2/c1-13-7-9-20-23(13)17-4-2-3-15(11-17)21-19(24)22-16-8-10-25-18(12-16)14-5-6-14/h2-4,7,9,11,14,16,18H,5-6,8,10,12H2,1H3,(H2,21,22,24)/t16-,18+/m0/s1. The number of carbonyl (C=O) groups is 1. The molecule has 1 aliphatic heterocycles. The van der Waals surface area contributed by atoms with E-state index < -0.39 is 0 Å². The normalized spacial score (nSPS) is 23.2. The summed E-state index contributed by atoms with van der Waals surface area (Å²) in [6, 6.07) is 9.70. The number of carbonyl (C=O) groups excluding carboxylic acids is 1.